The first kappa shape index (κ1) is 18.1. The minimum atomic E-state index is -0.459. The van der Waals surface area contributed by atoms with E-state index in [2.05, 4.69) is 17.4 Å². The summed E-state index contributed by atoms with van der Waals surface area (Å²) < 4.78 is 0. The van der Waals surface area contributed by atoms with Gasteiger partial charge >= 0.3 is 0 Å². The fourth-order valence-corrected chi connectivity index (χ4v) is 3.62. The third-order valence-electron chi connectivity index (χ3n) is 5.20. The SMILES string of the molecule is Cc1ccc([N+](=O)[O-])c(NC(=O)CN(C)C2CCc3ccccc32)c1C. The molecule has 0 saturated carbocycles. The number of benzene rings is 2. The molecule has 0 aromatic heterocycles. The largest absolute Gasteiger partial charge is 0.319 e. The lowest BCUT2D eigenvalue weighted by Gasteiger charge is -2.24. The number of likely N-dealkylation sites (N-methyl/N-ethyl adjacent to an activating group) is 1. The highest BCUT2D eigenvalue weighted by molar-refractivity contribution is 5.95. The summed E-state index contributed by atoms with van der Waals surface area (Å²) in [4.78, 5) is 25.4. The number of anilines is 1. The number of nitro groups is 1. The third-order valence-corrected chi connectivity index (χ3v) is 5.20. The first-order valence-electron chi connectivity index (χ1n) is 8.71. The lowest BCUT2D eigenvalue weighted by molar-refractivity contribution is -0.384. The second-order valence-corrected chi connectivity index (χ2v) is 6.88. The van der Waals surface area contributed by atoms with Crippen molar-refractivity contribution < 1.29 is 9.72 Å². The van der Waals surface area contributed by atoms with Gasteiger partial charge in [-0.25, -0.2) is 0 Å². The Balaban J connectivity index is 1.74. The molecular formula is C20H23N3O3. The molecular weight excluding hydrogens is 330 g/mol. The maximum Gasteiger partial charge on any atom is 0.293 e. The molecule has 6 nitrogen and oxygen atoms in total. The highest BCUT2D eigenvalue weighted by Gasteiger charge is 2.27. The maximum absolute atomic E-state index is 12.6. The fraction of sp³-hybridized carbons (Fsp3) is 0.350. The van der Waals surface area contributed by atoms with Crippen molar-refractivity contribution in [2.75, 3.05) is 18.9 Å². The Labute approximate surface area is 153 Å². The van der Waals surface area contributed by atoms with Crippen LogP contribution in [0.2, 0.25) is 0 Å². The van der Waals surface area contributed by atoms with Crippen molar-refractivity contribution in [1.29, 1.82) is 0 Å². The average molecular weight is 353 g/mol. The highest BCUT2D eigenvalue weighted by Crippen LogP contribution is 2.35. The standard InChI is InChI=1S/C20H23N3O3/c1-13-8-10-18(23(25)26)20(14(13)2)21-19(24)12-22(3)17-11-9-15-6-4-5-7-16(15)17/h4-8,10,17H,9,11-12H2,1-3H3,(H,21,24). The number of fused-ring (bicyclic) bond motifs is 1. The quantitative estimate of drug-likeness (QED) is 0.656. The zero-order valence-corrected chi connectivity index (χ0v) is 15.3. The van der Waals surface area contributed by atoms with Gasteiger partial charge in [0.05, 0.1) is 11.5 Å². The van der Waals surface area contributed by atoms with Gasteiger partial charge in [0.2, 0.25) is 5.91 Å². The summed E-state index contributed by atoms with van der Waals surface area (Å²) >= 11 is 0. The van der Waals surface area contributed by atoms with Crippen molar-refractivity contribution in [3.05, 3.63) is 68.8 Å². The van der Waals surface area contributed by atoms with E-state index in [9.17, 15) is 14.9 Å². The molecule has 1 unspecified atom stereocenters. The van der Waals surface area contributed by atoms with Gasteiger partial charge in [-0.1, -0.05) is 30.3 Å². The molecule has 0 radical (unpaired) electrons. The highest BCUT2D eigenvalue weighted by atomic mass is 16.6. The number of hydrogen-bond acceptors (Lipinski definition) is 4. The van der Waals surface area contributed by atoms with Crippen molar-refractivity contribution in [3.63, 3.8) is 0 Å². The van der Waals surface area contributed by atoms with Crippen LogP contribution in [0.5, 0.6) is 0 Å². The summed E-state index contributed by atoms with van der Waals surface area (Å²) in [6.45, 7) is 3.84. The van der Waals surface area contributed by atoms with Crippen LogP contribution in [0, 0.1) is 24.0 Å². The van der Waals surface area contributed by atoms with Gasteiger partial charge in [0.15, 0.2) is 0 Å². The predicted octanol–water partition coefficient (Wildman–Crippen LogP) is 3.77. The fourth-order valence-electron chi connectivity index (χ4n) is 3.62. The number of amides is 1. The van der Waals surface area contributed by atoms with Gasteiger partial charge in [-0.3, -0.25) is 19.8 Å². The van der Waals surface area contributed by atoms with E-state index < -0.39 is 4.92 Å². The van der Waals surface area contributed by atoms with Crippen LogP contribution in [0.1, 0.15) is 34.7 Å². The number of nitrogens with zero attached hydrogens (tertiary/aromatic N) is 2. The minimum absolute atomic E-state index is 0.0738. The summed E-state index contributed by atoms with van der Waals surface area (Å²) in [6, 6.07) is 11.6. The van der Waals surface area contributed by atoms with Crippen LogP contribution < -0.4 is 5.32 Å². The van der Waals surface area contributed by atoms with E-state index in [4.69, 9.17) is 0 Å². The molecule has 0 aliphatic heterocycles. The Kier molecular flexibility index (Phi) is 5.04. The molecule has 1 aliphatic carbocycles. The summed E-state index contributed by atoms with van der Waals surface area (Å²) in [7, 11) is 1.92. The smallest absolute Gasteiger partial charge is 0.293 e. The topological polar surface area (TPSA) is 75.5 Å². The van der Waals surface area contributed by atoms with Gasteiger partial charge in [0.25, 0.3) is 5.69 Å². The Morgan fingerprint density at radius 2 is 2.00 bits per heavy atom. The van der Waals surface area contributed by atoms with Crippen LogP contribution in [0.15, 0.2) is 36.4 Å². The van der Waals surface area contributed by atoms with E-state index in [-0.39, 0.29) is 24.2 Å². The van der Waals surface area contributed by atoms with Crippen LogP contribution >= 0.6 is 0 Å². The van der Waals surface area contributed by atoms with Crippen molar-refractivity contribution in [2.24, 2.45) is 0 Å². The predicted molar refractivity (Wildman–Crippen MR) is 101 cm³/mol. The number of nitro benzene ring substituents is 1. The molecule has 2 aromatic carbocycles. The van der Waals surface area contributed by atoms with Gasteiger partial charge < -0.3 is 5.32 Å². The van der Waals surface area contributed by atoms with Crippen molar-refractivity contribution in [2.45, 2.75) is 32.7 Å². The molecule has 1 aliphatic rings. The Morgan fingerprint density at radius 1 is 1.27 bits per heavy atom. The van der Waals surface area contributed by atoms with Gasteiger partial charge in [0, 0.05) is 12.1 Å². The van der Waals surface area contributed by atoms with Crippen molar-refractivity contribution >= 4 is 17.3 Å². The number of carbonyl (C=O) groups is 1. The molecule has 0 fully saturated rings. The lowest BCUT2D eigenvalue weighted by Crippen LogP contribution is -2.32. The zero-order chi connectivity index (χ0) is 18.8. The number of nitrogens with one attached hydrogen (secondary N) is 1. The third kappa shape index (κ3) is 3.46. The molecule has 26 heavy (non-hydrogen) atoms. The van der Waals surface area contributed by atoms with E-state index in [1.54, 1.807) is 13.0 Å². The monoisotopic (exact) mass is 353 g/mol. The molecule has 3 rings (SSSR count). The summed E-state index contributed by atoms with van der Waals surface area (Å²) in [5.74, 6) is -0.242. The number of carbonyl (C=O) groups excluding carboxylic acids is 1. The molecule has 1 N–H and O–H groups in total. The summed E-state index contributed by atoms with van der Waals surface area (Å²) in [6.07, 6.45) is 1.99. The van der Waals surface area contributed by atoms with Crippen LogP contribution in [-0.4, -0.2) is 29.3 Å². The molecule has 0 bridgehead atoms. The molecule has 0 heterocycles. The number of hydrogen-bond donors (Lipinski definition) is 1. The minimum Gasteiger partial charge on any atom is -0.319 e. The van der Waals surface area contributed by atoms with Crippen LogP contribution in [0.3, 0.4) is 0 Å². The van der Waals surface area contributed by atoms with Gasteiger partial charge in [-0.05, 0) is 56.0 Å². The van der Waals surface area contributed by atoms with E-state index in [0.29, 0.717) is 5.69 Å². The average Bonchev–Trinajstić information content (AvgIpc) is 3.03. The molecule has 0 saturated heterocycles. The maximum atomic E-state index is 12.6. The molecule has 6 heteroatoms. The first-order chi connectivity index (χ1) is 12.4. The van der Waals surface area contributed by atoms with Gasteiger partial charge in [-0.2, -0.15) is 0 Å². The summed E-state index contributed by atoms with van der Waals surface area (Å²) in [5.41, 5.74) is 4.44. The number of rotatable bonds is 5. The Bertz CT molecular complexity index is 863. The van der Waals surface area contributed by atoms with E-state index >= 15 is 0 Å². The van der Waals surface area contributed by atoms with Crippen LogP contribution in [-0.2, 0) is 11.2 Å². The lowest BCUT2D eigenvalue weighted by atomic mass is 10.1. The van der Waals surface area contributed by atoms with Gasteiger partial charge in [0.1, 0.15) is 5.69 Å². The number of aryl methyl sites for hydroxylation is 2. The molecule has 1 atom stereocenters. The first-order valence-corrected chi connectivity index (χ1v) is 8.71. The van der Waals surface area contributed by atoms with Crippen molar-refractivity contribution in [1.82, 2.24) is 4.90 Å². The Morgan fingerprint density at radius 3 is 2.73 bits per heavy atom. The van der Waals surface area contributed by atoms with Crippen molar-refractivity contribution in [3.8, 4) is 0 Å². The summed E-state index contributed by atoms with van der Waals surface area (Å²) in [5, 5.41) is 14.0. The zero-order valence-electron chi connectivity index (χ0n) is 15.3. The second-order valence-electron chi connectivity index (χ2n) is 6.88. The van der Waals surface area contributed by atoms with E-state index in [1.807, 2.05) is 31.0 Å². The second kappa shape index (κ2) is 7.25. The van der Waals surface area contributed by atoms with Crippen LogP contribution in [0.25, 0.3) is 0 Å². The molecule has 136 valence electrons. The van der Waals surface area contributed by atoms with E-state index in [0.717, 1.165) is 24.0 Å². The van der Waals surface area contributed by atoms with E-state index in [1.165, 1.54) is 17.2 Å². The van der Waals surface area contributed by atoms with Gasteiger partial charge in [-0.15, -0.1) is 0 Å². The molecule has 0 spiro atoms. The van der Waals surface area contributed by atoms with Crippen LogP contribution in [0.4, 0.5) is 11.4 Å². The molecule has 1 amide bonds. The molecule has 2 aromatic rings. The normalized spacial score (nSPS) is 15.8. The Hall–Kier alpha value is -2.73.